The molecule has 0 rings (SSSR count). The monoisotopic (exact) mass is 198 g/mol. The Morgan fingerprint density at radius 2 is 1.71 bits per heavy atom. The van der Waals surface area contributed by atoms with E-state index in [0.29, 0.717) is 0 Å². The quantitative estimate of drug-likeness (QED) is 0.352. The molecule has 0 aromatic heterocycles. The zero-order valence-corrected chi connectivity index (χ0v) is 8.45. The molecule has 0 aromatic rings. The van der Waals surface area contributed by atoms with Crippen molar-refractivity contribution in [2.45, 2.75) is 44.9 Å². The molecule has 80 valence electrons. The number of unbranched alkanes of at least 4 members (excludes halogenated alkanes) is 5. The summed E-state index contributed by atoms with van der Waals surface area (Å²) >= 11 is 0. The Morgan fingerprint density at radius 1 is 1.07 bits per heavy atom. The molecular formula is C11H18O3. The first-order chi connectivity index (χ1) is 6.77. The van der Waals surface area contributed by atoms with Crippen LogP contribution in [0.3, 0.4) is 0 Å². The van der Waals surface area contributed by atoms with Crippen LogP contribution < -0.4 is 0 Å². The minimum atomic E-state index is -0.709. The molecule has 0 saturated heterocycles. The lowest BCUT2D eigenvalue weighted by atomic mass is 10.1. The third-order valence-corrected chi connectivity index (χ3v) is 1.98. The molecule has 0 atom stereocenters. The maximum Gasteiger partial charge on any atom is 0.303 e. The van der Waals surface area contributed by atoms with E-state index >= 15 is 0 Å². The number of allylic oxidation sites excluding steroid dienone is 2. The standard InChI is InChI=1S/C11H18O3/c12-10-8-6-4-2-1-3-5-7-9-11(13)14/h6,8,10H,1-5,7,9H2,(H,13,14). The Labute approximate surface area is 84.8 Å². The van der Waals surface area contributed by atoms with Crippen LogP contribution in [0.1, 0.15) is 44.9 Å². The van der Waals surface area contributed by atoms with E-state index in [-0.39, 0.29) is 6.42 Å². The average molecular weight is 198 g/mol. The predicted octanol–water partition coefficient (Wildman–Crippen LogP) is 2.56. The van der Waals surface area contributed by atoms with Gasteiger partial charge in [0.2, 0.25) is 0 Å². The molecule has 0 saturated carbocycles. The minimum Gasteiger partial charge on any atom is -0.481 e. The normalized spacial score (nSPS) is 10.6. The van der Waals surface area contributed by atoms with Gasteiger partial charge in [0, 0.05) is 6.42 Å². The Balaban J connectivity index is 3.02. The molecule has 0 aromatic carbocycles. The molecule has 0 fully saturated rings. The van der Waals surface area contributed by atoms with Crippen LogP contribution in [0.15, 0.2) is 12.2 Å². The van der Waals surface area contributed by atoms with Crippen LogP contribution in [0.25, 0.3) is 0 Å². The zero-order valence-electron chi connectivity index (χ0n) is 8.45. The summed E-state index contributed by atoms with van der Waals surface area (Å²) < 4.78 is 0. The van der Waals surface area contributed by atoms with E-state index in [0.717, 1.165) is 44.8 Å². The number of aliphatic carboxylic acids is 1. The molecule has 0 aliphatic heterocycles. The van der Waals surface area contributed by atoms with Crippen LogP contribution in [0.4, 0.5) is 0 Å². The molecule has 0 bridgehead atoms. The van der Waals surface area contributed by atoms with Crippen molar-refractivity contribution in [2.24, 2.45) is 0 Å². The topological polar surface area (TPSA) is 54.4 Å². The highest BCUT2D eigenvalue weighted by Gasteiger charge is 1.95. The lowest BCUT2D eigenvalue weighted by molar-refractivity contribution is -0.137. The first kappa shape index (κ1) is 12.9. The minimum absolute atomic E-state index is 0.283. The molecule has 0 heterocycles. The number of hydrogen-bond donors (Lipinski definition) is 1. The van der Waals surface area contributed by atoms with Gasteiger partial charge in [0.15, 0.2) is 0 Å². The summed E-state index contributed by atoms with van der Waals surface area (Å²) in [6, 6.07) is 0. The second kappa shape index (κ2) is 9.96. The van der Waals surface area contributed by atoms with Crippen molar-refractivity contribution >= 4 is 12.3 Å². The molecule has 0 spiro atoms. The van der Waals surface area contributed by atoms with Crippen molar-refractivity contribution in [1.29, 1.82) is 0 Å². The summed E-state index contributed by atoms with van der Waals surface area (Å²) in [5.41, 5.74) is 0. The molecule has 0 unspecified atom stereocenters. The zero-order chi connectivity index (χ0) is 10.6. The summed E-state index contributed by atoms with van der Waals surface area (Å²) in [5, 5.41) is 8.37. The second-order valence-corrected chi connectivity index (χ2v) is 3.26. The van der Waals surface area contributed by atoms with E-state index < -0.39 is 5.97 Å². The van der Waals surface area contributed by atoms with Crippen molar-refractivity contribution in [2.75, 3.05) is 0 Å². The Bertz CT molecular complexity index is 185. The third-order valence-electron chi connectivity index (χ3n) is 1.98. The predicted molar refractivity (Wildman–Crippen MR) is 55.2 cm³/mol. The maximum absolute atomic E-state index is 10.2. The number of carboxylic acids is 1. The number of hydrogen-bond acceptors (Lipinski definition) is 2. The molecule has 3 heteroatoms. The summed E-state index contributed by atoms with van der Waals surface area (Å²) in [4.78, 5) is 20.1. The average Bonchev–Trinajstić information content (AvgIpc) is 2.15. The van der Waals surface area contributed by atoms with Gasteiger partial charge in [-0.05, 0) is 25.3 Å². The fraction of sp³-hybridized carbons (Fsp3) is 0.636. The largest absolute Gasteiger partial charge is 0.481 e. The highest BCUT2D eigenvalue weighted by atomic mass is 16.4. The SMILES string of the molecule is O=CC=CCCCCCCCC(=O)O. The van der Waals surface area contributed by atoms with Gasteiger partial charge in [-0.15, -0.1) is 0 Å². The van der Waals surface area contributed by atoms with Crippen molar-refractivity contribution in [1.82, 2.24) is 0 Å². The fourth-order valence-corrected chi connectivity index (χ4v) is 1.22. The van der Waals surface area contributed by atoms with Gasteiger partial charge in [0.05, 0.1) is 0 Å². The summed E-state index contributed by atoms with van der Waals surface area (Å²) in [5.74, 6) is -0.709. The van der Waals surface area contributed by atoms with Gasteiger partial charge in [-0.3, -0.25) is 9.59 Å². The van der Waals surface area contributed by atoms with Crippen molar-refractivity contribution in [3.63, 3.8) is 0 Å². The van der Waals surface area contributed by atoms with Crippen LogP contribution >= 0.6 is 0 Å². The molecule has 0 aliphatic carbocycles. The maximum atomic E-state index is 10.2. The number of carbonyl (C=O) groups is 2. The van der Waals surface area contributed by atoms with E-state index in [9.17, 15) is 9.59 Å². The molecular weight excluding hydrogens is 180 g/mol. The van der Waals surface area contributed by atoms with Gasteiger partial charge in [0.25, 0.3) is 0 Å². The first-order valence-corrected chi connectivity index (χ1v) is 5.09. The Morgan fingerprint density at radius 3 is 2.36 bits per heavy atom. The van der Waals surface area contributed by atoms with Gasteiger partial charge in [-0.1, -0.05) is 25.3 Å². The summed E-state index contributed by atoms with van der Waals surface area (Å²) in [6.45, 7) is 0. The molecule has 0 aliphatic rings. The van der Waals surface area contributed by atoms with Crippen LogP contribution in [0.2, 0.25) is 0 Å². The van der Waals surface area contributed by atoms with E-state index in [1.165, 1.54) is 6.08 Å². The van der Waals surface area contributed by atoms with Gasteiger partial charge < -0.3 is 5.11 Å². The van der Waals surface area contributed by atoms with E-state index in [1.54, 1.807) is 0 Å². The smallest absolute Gasteiger partial charge is 0.303 e. The first-order valence-electron chi connectivity index (χ1n) is 5.09. The van der Waals surface area contributed by atoms with Crippen LogP contribution in [-0.2, 0) is 9.59 Å². The lowest BCUT2D eigenvalue weighted by Crippen LogP contribution is -1.93. The van der Waals surface area contributed by atoms with Crippen LogP contribution in [0, 0.1) is 0 Å². The highest BCUT2D eigenvalue weighted by molar-refractivity contribution is 5.66. The molecule has 14 heavy (non-hydrogen) atoms. The third kappa shape index (κ3) is 10.9. The number of aldehydes is 1. The Hall–Kier alpha value is -1.12. The van der Waals surface area contributed by atoms with Gasteiger partial charge >= 0.3 is 5.97 Å². The van der Waals surface area contributed by atoms with E-state index in [1.807, 2.05) is 6.08 Å². The molecule has 3 nitrogen and oxygen atoms in total. The molecule has 0 amide bonds. The van der Waals surface area contributed by atoms with Crippen LogP contribution in [-0.4, -0.2) is 17.4 Å². The van der Waals surface area contributed by atoms with Gasteiger partial charge in [-0.25, -0.2) is 0 Å². The fourth-order valence-electron chi connectivity index (χ4n) is 1.22. The van der Waals surface area contributed by atoms with E-state index in [4.69, 9.17) is 5.11 Å². The van der Waals surface area contributed by atoms with Crippen molar-refractivity contribution in [3.8, 4) is 0 Å². The van der Waals surface area contributed by atoms with E-state index in [2.05, 4.69) is 0 Å². The number of rotatable bonds is 9. The number of carbonyl (C=O) groups excluding carboxylic acids is 1. The van der Waals surface area contributed by atoms with Gasteiger partial charge in [0.1, 0.15) is 6.29 Å². The second-order valence-electron chi connectivity index (χ2n) is 3.26. The summed E-state index contributed by atoms with van der Waals surface area (Å²) in [7, 11) is 0. The summed E-state index contributed by atoms with van der Waals surface area (Å²) in [6.07, 6.45) is 10.4. The van der Waals surface area contributed by atoms with Crippen molar-refractivity contribution < 1.29 is 14.7 Å². The molecule has 1 N–H and O–H groups in total. The lowest BCUT2D eigenvalue weighted by Gasteiger charge is -1.97. The van der Waals surface area contributed by atoms with Crippen molar-refractivity contribution in [3.05, 3.63) is 12.2 Å². The Kier molecular flexibility index (Phi) is 9.17. The van der Waals surface area contributed by atoms with Crippen LogP contribution in [0.5, 0.6) is 0 Å². The highest BCUT2D eigenvalue weighted by Crippen LogP contribution is 2.07. The number of carboxylic acid groups (broad SMARTS) is 1. The molecule has 0 radical (unpaired) electrons. The van der Waals surface area contributed by atoms with Gasteiger partial charge in [-0.2, -0.15) is 0 Å².